The lowest BCUT2D eigenvalue weighted by Crippen LogP contribution is -2.35. The van der Waals surface area contributed by atoms with Crippen LogP contribution in [0.3, 0.4) is 0 Å². The number of carbonyl (C=O) groups excluding carboxylic acids is 5. The first-order valence-corrected chi connectivity index (χ1v) is 4.90. The van der Waals surface area contributed by atoms with Gasteiger partial charge in [-0.2, -0.15) is 0 Å². The number of rotatable bonds is 5. The van der Waals surface area contributed by atoms with Gasteiger partial charge >= 0.3 is 0 Å². The van der Waals surface area contributed by atoms with Gasteiger partial charge in [0.05, 0.1) is 6.42 Å². The number of aldehydes is 1. The molecule has 1 rings (SSSR count). The van der Waals surface area contributed by atoms with Gasteiger partial charge in [-0.3, -0.25) is 19.2 Å². The highest BCUT2D eigenvalue weighted by molar-refractivity contribution is 6.15. The topological polar surface area (TPSA) is 88.6 Å². The van der Waals surface area contributed by atoms with Crippen LogP contribution in [0.25, 0.3) is 0 Å². The van der Waals surface area contributed by atoms with E-state index in [2.05, 4.69) is 0 Å². The number of ketones is 1. The monoisotopic (exact) mass is 225 g/mol. The summed E-state index contributed by atoms with van der Waals surface area (Å²) in [6.07, 6.45) is -0.00730. The summed E-state index contributed by atoms with van der Waals surface area (Å²) in [7, 11) is 0. The van der Waals surface area contributed by atoms with Crippen molar-refractivity contribution < 1.29 is 24.0 Å². The zero-order chi connectivity index (χ0) is 12.1. The fraction of sp³-hybridized carbons (Fsp3) is 0.500. The summed E-state index contributed by atoms with van der Waals surface area (Å²) in [5, 5.41) is 0. The molecule has 0 aromatic rings. The number of Topliss-reactive ketones (excluding diaryl/α,β-unsaturated/α-hetero) is 1. The SMILES string of the molecule is O=CCC(=O)CCC(=O)N1C(=O)CCC1=O. The second-order valence-electron chi connectivity index (χ2n) is 3.43. The quantitative estimate of drug-likeness (QED) is 0.361. The first kappa shape index (κ1) is 12.2. The van der Waals surface area contributed by atoms with Crippen molar-refractivity contribution >= 4 is 29.8 Å². The minimum Gasteiger partial charge on any atom is -0.303 e. The van der Waals surface area contributed by atoms with Gasteiger partial charge in [-0.15, -0.1) is 0 Å². The minimum absolute atomic E-state index is 0.0485. The Bertz CT molecular complexity index is 344. The predicted octanol–water partition coefficient (Wildman–Crippen LogP) is -0.400. The first-order chi connectivity index (χ1) is 7.56. The van der Waals surface area contributed by atoms with Crippen molar-refractivity contribution in [3.63, 3.8) is 0 Å². The molecule has 0 bridgehead atoms. The number of hydrogen-bond acceptors (Lipinski definition) is 5. The van der Waals surface area contributed by atoms with Crippen LogP contribution in [0, 0.1) is 0 Å². The van der Waals surface area contributed by atoms with Gasteiger partial charge in [0.25, 0.3) is 0 Å². The Labute approximate surface area is 91.6 Å². The molecule has 1 saturated heterocycles. The van der Waals surface area contributed by atoms with Crippen molar-refractivity contribution in [1.29, 1.82) is 0 Å². The molecule has 0 aliphatic carbocycles. The molecule has 6 heteroatoms. The third-order valence-corrected chi connectivity index (χ3v) is 2.23. The Kier molecular flexibility index (Phi) is 4.04. The molecule has 6 nitrogen and oxygen atoms in total. The molecule has 0 aromatic carbocycles. The summed E-state index contributed by atoms with van der Waals surface area (Å²) < 4.78 is 0. The van der Waals surface area contributed by atoms with E-state index in [9.17, 15) is 24.0 Å². The number of nitrogens with zero attached hydrogens (tertiary/aromatic N) is 1. The van der Waals surface area contributed by atoms with Crippen molar-refractivity contribution in [2.24, 2.45) is 0 Å². The van der Waals surface area contributed by atoms with E-state index in [1.807, 2.05) is 0 Å². The standard InChI is InChI=1S/C10H11NO5/c12-6-5-7(13)1-2-8(14)11-9(15)3-4-10(11)16/h6H,1-5H2. The molecule has 0 saturated carbocycles. The van der Waals surface area contributed by atoms with Crippen molar-refractivity contribution in [3.8, 4) is 0 Å². The van der Waals surface area contributed by atoms with Gasteiger partial charge in [0.2, 0.25) is 17.7 Å². The Morgan fingerprint density at radius 1 is 1.12 bits per heavy atom. The summed E-state index contributed by atoms with van der Waals surface area (Å²) in [5.41, 5.74) is 0. The van der Waals surface area contributed by atoms with Crippen molar-refractivity contribution in [1.82, 2.24) is 4.90 Å². The van der Waals surface area contributed by atoms with Gasteiger partial charge in [-0.05, 0) is 0 Å². The van der Waals surface area contributed by atoms with Crippen molar-refractivity contribution in [2.75, 3.05) is 0 Å². The normalized spacial score (nSPS) is 15.4. The Hall–Kier alpha value is -1.85. The molecule has 1 aliphatic rings. The zero-order valence-electron chi connectivity index (χ0n) is 8.60. The minimum atomic E-state index is -0.660. The number of imide groups is 3. The van der Waals surface area contributed by atoms with Gasteiger partial charge < -0.3 is 4.79 Å². The maximum absolute atomic E-state index is 11.4. The van der Waals surface area contributed by atoms with Gasteiger partial charge in [0, 0.05) is 25.7 Å². The van der Waals surface area contributed by atoms with Gasteiger partial charge in [-0.25, -0.2) is 4.90 Å². The summed E-state index contributed by atoms with van der Waals surface area (Å²) in [6, 6.07) is 0. The molecule has 0 N–H and O–H groups in total. The van der Waals surface area contributed by atoms with Crippen LogP contribution in [0.1, 0.15) is 32.1 Å². The highest BCUT2D eigenvalue weighted by Gasteiger charge is 2.33. The van der Waals surface area contributed by atoms with Gasteiger partial charge in [0.1, 0.15) is 12.1 Å². The third-order valence-electron chi connectivity index (χ3n) is 2.23. The Morgan fingerprint density at radius 3 is 2.19 bits per heavy atom. The maximum atomic E-state index is 11.4. The molecule has 3 amide bonds. The lowest BCUT2D eigenvalue weighted by Gasteiger charge is -2.10. The predicted molar refractivity (Wildman–Crippen MR) is 51.0 cm³/mol. The fourth-order valence-corrected chi connectivity index (χ4v) is 1.41. The Morgan fingerprint density at radius 2 is 1.69 bits per heavy atom. The molecule has 1 fully saturated rings. The molecule has 0 atom stereocenters. The van der Waals surface area contributed by atoms with E-state index in [0.717, 1.165) is 0 Å². The smallest absolute Gasteiger partial charge is 0.236 e. The summed E-state index contributed by atoms with van der Waals surface area (Å²) in [4.78, 5) is 55.2. The molecule has 1 heterocycles. The Balaban J connectivity index is 2.46. The fourth-order valence-electron chi connectivity index (χ4n) is 1.41. The molecule has 0 radical (unpaired) electrons. The summed E-state index contributed by atoms with van der Waals surface area (Å²) in [5.74, 6) is -2.06. The molecule has 86 valence electrons. The average molecular weight is 225 g/mol. The van der Waals surface area contributed by atoms with Crippen LogP contribution in [0.5, 0.6) is 0 Å². The number of likely N-dealkylation sites (tertiary alicyclic amines) is 1. The van der Waals surface area contributed by atoms with Crippen LogP contribution in [0.4, 0.5) is 0 Å². The van der Waals surface area contributed by atoms with Crippen LogP contribution in [-0.4, -0.2) is 34.7 Å². The number of hydrogen-bond donors (Lipinski definition) is 0. The van der Waals surface area contributed by atoms with Gasteiger partial charge in [-0.1, -0.05) is 0 Å². The lowest BCUT2D eigenvalue weighted by molar-refractivity contribution is -0.150. The summed E-state index contributed by atoms with van der Waals surface area (Å²) >= 11 is 0. The van der Waals surface area contributed by atoms with Crippen LogP contribution in [0.15, 0.2) is 0 Å². The maximum Gasteiger partial charge on any atom is 0.236 e. The van der Waals surface area contributed by atoms with E-state index in [0.29, 0.717) is 11.2 Å². The van der Waals surface area contributed by atoms with E-state index < -0.39 is 17.7 Å². The van der Waals surface area contributed by atoms with Gasteiger partial charge in [0.15, 0.2) is 0 Å². The largest absolute Gasteiger partial charge is 0.303 e. The highest BCUT2D eigenvalue weighted by Crippen LogP contribution is 2.13. The number of amides is 3. The highest BCUT2D eigenvalue weighted by atomic mass is 16.2. The number of carbonyl (C=O) groups is 5. The van der Waals surface area contributed by atoms with E-state index in [-0.39, 0.29) is 37.9 Å². The summed E-state index contributed by atoms with van der Waals surface area (Å²) in [6.45, 7) is 0. The van der Waals surface area contributed by atoms with E-state index in [1.165, 1.54) is 0 Å². The second-order valence-corrected chi connectivity index (χ2v) is 3.43. The second kappa shape index (κ2) is 5.29. The molecule has 16 heavy (non-hydrogen) atoms. The molecule has 0 spiro atoms. The van der Waals surface area contributed by atoms with Crippen LogP contribution in [-0.2, 0) is 24.0 Å². The molecular formula is C10H11NO5. The molecular weight excluding hydrogens is 214 g/mol. The van der Waals surface area contributed by atoms with E-state index in [1.54, 1.807) is 0 Å². The van der Waals surface area contributed by atoms with E-state index >= 15 is 0 Å². The lowest BCUT2D eigenvalue weighted by atomic mass is 10.1. The average Bonchev–Trinajstić information content (AvgIpc) is 2.56. The van der Waals surface area contributed by atoms with Crippen molar-refractivity contribution in [2.45, 2.75) is 32.1 Å². The van der Waals surface area contributed by atoms with E-state index in [4.69, 9.17) is 0 Å². The molecule has 0 unspecified atom stereocenters. The third kappa shape index (κ3) is 2.82. The van der Waals surface area contributed by atoms with Crippen LogP contribution >= 0.6 is 0 Å². The molecule has 0 aromatic heterocycles. The van der Waals surface area contributed by atoms with Crippen molar-refractivity contribution in [3.05, 3.63) is 0 Å². The van der Waals surface area contributed by atoms with Crippen LogP contribution < -0.4 is 0 Å². The van der Waals surface area contributed by atoms with Crippen LogP contribution in [0.2, 0.25) is 0 Å². The molecule has 1 aliphatic heterocycles. The zero-order valence-corrected chi connectivity index (χ0v) is 8.60. The first-order valence-electron chi connectivity index (χ1n) is 4.90.